The monoisotopic (exact) mass is 279 g/mol. The predicted octanol–water partition coefficient (Wildman–Crippen LogP) is 1.50. The van der Waals surface area contributed by atoms with Gasteiger partial charge in [-0.3, -0.25) is 14.9 Å². The molecular weight excluding hydrogens is 262 g/mol. The molecule has 108 valence electrons. The van der Waals surface area contributed by atoms with Crippen molar-refractivity contribution in [3.8, 4) is 0 Å². The number of morpholine rings is 1. The largest absolute Gasteiger partial charge is 0.382 e. The summed E-state index contributed by atoms with van der Waals surface area (Å²) < 4.78 is 5.39. The minimum Gasteiger partial charge on any atom is -0.382 e. The van der Waals surface area contributed by atoms with Gasteiger partial charge in [0.05, 0.1) is 23.2 Å². The highest BCUT2D eigenvalue weighted by Crippen LogP contribution is 2.29. The predicted molar refractivity (Wildman–Crippen MR) is 74.0 cm³/mol. The van der Waals surface area contributed by atoms with Crippen LogP contribution in [0.4, 0.5) is 11.4 Å². The number of anilines is 1. The summed E-state index contributed by atoms with van der Waals surface area (Å²) in [5.74, 6) is -0.215. The fourth-order valence-electron chi connectivity index (χ4n) is 2.31. The highest BCUT2D eigenvalue weighted by molar-refractivity contribution is 6.01. The van der Waals surface area contributed by atoms with E-state index in [1.54, 1.807) is 18.0 Å². The molecule has 1 aliphatic rings. The number of rotatable bonds is 3. The lowest BCUT2D eigenvalue weighted by atomic mass is 10.1. The van der Waals surface area contributed by atoms with Gasteiger partial charge in [0.1, 0.15) is 5.69 Å². The summed E-state index contributed by atoms with van der Waals surface area (Å²) in [6.45, 7) is 3.36. The van der Waals surface area contributed by atoms with Gasteiger partial charge in [-0.1, -0.05) is 6.07 Å². The number of ether oxygens (including phenoxy) is 1. The van der Waals surface area contributed by atoms with Crippen molar-refractivity contribution in [2.24, 2.45) is 0 Å². The molecule has 7 heteroatoms. The first-order valence-corrected chi connectivity index (χ1v) is 6.40. The smallest absolute Gasteiger partial charge is 0.293 e. The second-order valence-electron chi connectivity index (χ2n) is 4.64. The number of benzene rings is 1. The molecule has 20 heavy (non-hydrogen) atoms. The maximum Gasteiger partial charge on any atom is 0.293 e. The first kappa shape index (κ1) is 14.3. The van der Waals surface area contributed by atoms with Crippen molar-refractivity contribution < 1.29 is 14.5 Å². The second kappa shape index (κ2) is 5.87. The van der Waals surface area contributed by atoms with Gasteiger partial charge in [0.25, 0.3) is 11.6 Å². The number of hydrogen-bond donors (Lipinski definition) is 1. The Labute approximate surface area is 116 Å². The molecule has 1 aromatic carbocycles. The molecule has 1 atom stereocenters. The van der Waals surface area contributed by atoms with E-state index in [0.29, 0.717) is 25.3 Å². The number of nitro benzene ring substituents is 1. The summed E-state index contributed by atoms with van der Waals surface area (Å²) in [7, 11) is 1.57. The first-order chi connectivity index (χ1) is 9.54. The van der Waals surface area contributed by atoms with Crippen LogP contribution in [-0.4, -0.2) is 48.6 Å². The Morgan fingerprint density at radius 1 is 1.55 bits per heavy atom. The Bertz CT molecular complexity index is 532. The average Bonchev–Trinajstić information content (AvgIpc) is 2.45. The van der Waals surface area contributed by atoms with Crippen molar-refractivity contribution in [1.29, 1.82) is 0 Å². The molecule has 0 bridgehead atoms. The molecule has 1 heterocycles. The minimum absolute atomic E-state index is 0.0237. The summed E-state index contributed by atoms with van der Waals surface area (Å²) in [4.78, 5) is 24.7. The zero-order valence-electron chi connectivity index (χ0n) is 11.5. The van der Waals surface area contributed by atoms with Crippen molar-refractivity contribution >= 4 is 17.3 Å². The number of para-hydroxylation sites is 1. The van der Waals surface area contributed by atoms with E-state index in [0.717, 1.165) is 0 Å². The van der Waals surface area contributed by atoms with Gasteiger partial charge in [-0.15, -0.1) is 0 Å². The third-order valence-corrected chi connectivity index (χ3v) is 3.25. The molecule has 1 saturated heterocycles. The fourth-order valence-corrected chi connectivity index (χ4v) is 2.31. The van der Waals surface area contributed by atoms with Gasteiger partial charge in [-0.05, 0) is 13.0 Å². The maximum atomic E-state index is 12.5. The van der Waals surface area contributed by atoms with Crippen molar-refractivity contribution in [3.63, 3.8) is 0 Å². The highest BCUT2D eigenvalue weighted by Gasteiger charge is 2.27. The van der Waals surface area contributed by atoms with E-state index >= 15 is 0 Å². The molecule has 1 aromatic rings. The summed E-state index contributed by atoms with van der Waals surface area (Å²) in [6, 6.07) is 4.50. The summed E-state index contributed by atoms with van der Waals surface area (Å²) >= 11 is 0. The maximum absolute atomic E-state index is 12.5. The van der Waals surface area contributed by atoms with Gasteiger partial charge in [-0.2, -0.15) is 0 Å². The van der Waals surface area contributed by atoms with Crippen molar-refractivity contribution in [2.75, 3.05) is 32.1 Å². The number of amides is 1. The van der Waals surface area contributed by atoms with Crippen molar-refractivity contribution in [1.82, 2.24) is 4.90 Å². The number of hydrogen-bond acceptors (Lipinski definition) is 5. The third kappa shape index (κ3) is 2.72. The van der Waals surface area contributed by atoms with Crippen LogP contribution < -0.4 is 5.32 Å². The topological polar surface area (TPSA) is 84.7 Å². The molecule has 0 saturated carbocycles. The number of nitrogens with zero attached hydrogens (tertiary/aromatic N) is 2. The molecular formula is C13H17N3O4. The second-order valence-corrected chi connectivity index (χ2v) is 4.64. The highest BCUT2D eigenvalue weighted by atomic mass is 16.6. The molecule has 0 radical (unpaired) electrons. The van der Waals surface area contributed by atoms with Crippen LogP contribution in [0.3, 0.4) is 0 Å². The molecule has 0 spiro atoms. The Morgan fingerprint density at radius 2 is 2.30 bits per heavy atom. The first-order valence-electron chi connectivity index (χ1n) is 6.40. The molecule has 2 rings (SSSR count). The van der Waals surface area contributed by atoms with Crippen molar-refractivity contribution in [3.05, 3.63) is 33.9 Å². The molecule has 0 aliphatic carbocycles. The van der Waals surface area contributed by atoms with E-state index in [2.05, 4.69) is 5.32 Å². The molecule has 0 aromatic heterocycles. The molecule has 1 N–H and O–H groups in total. The van der Waals surface area contributed by atoms with Crippen LogP contribution in [0.25, 0.3) is 0 Å². The summed E-state index contributed by atoms with van der Waals surface area (Å²) in [5.41, 5.74) is 0.470. The van der Waals surface area contributed by atoms with Crippen LogP contribution in [0, 0.1) is 10.1 Å². The average molecular weight is 279 g/mol. The van der Waals surface area contributed by atoms with E-state index in [-0.39, 0.29) is 23.4 Å². The van der Waals surface area contributed by atoms with Crippen LogP contribution in [0.15, 0.2) is 18.2 Å². The van der Waals surface area contributed by atoms with Crippen LogP contribution in [0.2, 0.25) is 0 Å². The van der Waals surface area contributed by atoms with Gasteiger partial charge in [0, 0.05) is 26.2 Å². The van der Waals surface area contributed by atoms with Crippen LogP contribution in [0.5, 0.6) is 0 Å². The minimum atomic E-state index is -0.495. The summed E-state index contributed by atoms with van der Waals surface area (Å²) in [5, 5.41) is 13.8. The zero-order chi connectivity index (χ0) is 14.7. The van der Waals surface area contributed by atoms with Gasteiger partial charge < -0.3 is 15.0 Å². The van der Waals surface area contributed by atoms with Gasteiger partial charge in [0.15, 0.2) is 0 Å². The van der Waals surface area contributed by atoms with Gasteiger partial charge >= 0.3 is 0 Å². The molecule has 7 nitrogen and oxygen atoms in total. The lowest BCUT2D eigenvalue weighted by Gasteiger charge is -2.31. The van der Waals surface area contributed by atoms with Gasteiger partial charge in [0.2, 0.25) is 0 Å². The quantitative estimate of drug-likeness (QED) is 0.669. The summed E-state index contributed by atoms with van der Waals surface area (Å²) in [6.07, 6.45) is -0.0237. The van der Waals surface area contributed by atoms with Crippen LogP contribution >= 0.6 is 0 Å². The SMILES string of the molecule is CNc1c(C(=O)N2CCOC(C)C2)cccc1[N+](=O)[O-]. The third-order valence-electron chi connectivity index (χ3n) is 3.25. The fraction of sp³-hybridized carbons (Fsp3) is 0.462. The van der Waals surface area contributed by atoms with E-state index in [4.69, 9.17) is 4.74 Å². The standard InChI is InChI=1S/C13H17N3O4/c1-9-8-15(6-7-20-9)13(17)10-4-3-5-11(16(18)19)12(10)14-2/h3-5,9,14H,6-8H2,1-2H3. The lowest BCUT2D eigenvalue weighted by molar-refractivity contribution is -0.384. The number of carbonyl (C=O) groups excluding carboxylic acids is 1. The Balaban J connectivity index is 2.34. The van der Waals surface area contributed by atoms with Crippen LogP contribution in [0.1, 0.15) is 17.3 Å². The number of carbonyl (C=O) groups is 1. The Hall–Kier alpha value is -2.15. The van der Waals surface area contributed by atoms with E-state index < -0.39 is 4.92 Å². The molecule has 1 fully saturated rings. The van der Waals surface area contributed by atoms with E-state index in [1.807, 2.05) is 6.92 Å². The van der Waals surface area contributed by atoms with Gasteiger partial charge in [-0.25, -0.2) is 0 Å². The van der Waals surface area contributed by atoms with E-state index in [1.165, 1.54) is 12.1 Å². The number of nitrogens with one attached hydrogen (secondary N) is 1. The van der Waals surface area contributed by atoms with Crippen molar-refractivity contribution in [2.45, 2.75) is 13.0 Å². The number of nitro groups is 1. The normalized spacial score (nSPS) is 18.7. The molecule has 1 unspecified atom stereocenters. The lowest BCUT2D eigenvalue weighted by Crippen LogP contribution is -2.44. The molecule has 1 amide bonds. The Morgan fingerprint density at radius 3 is 2.90 bits per heavy atom. The Kier molecular flexibility index (Phi) is 4.19. The molecule has 1 aliphatic heterocycles. The van der Waals surface area contributed by atoms with Crippen LogP contribution in [-0.2, 0) is 4.74 Å². The van der Waals surface area contributed by atoms with E-state index in [9.17, 15) is 14.9 Å². The zero-order valence-corrected chi connectivity index (χ0v) is 11.5.